The van der Waals surface area contributed by atoms with E-state index < -0.39 is 52.9 Å². The first kappa shape index (κ1) is 39.7. The van der Waals surface area contributed by atoms with Crippen LogP contribution in [0.1, 0.15) is 64.6 Å². The van der Waals surface area contributed by atoms with Gasteiger partial charge in [-0.25, -0.2) is 24.0 Å². The monoisotopic (exact) mass is 802 g/mol. The van der Waals surface area contributed by atoms with Crippen molar-refractivity contribution in [1.82, 2.24) is 55.8 Å². The number of amides is 4. The van der Waals surface area contributed by atoms with Gasteiger partial charge in [-0.3, -0.25) is 34.5 Å². The van der Waals surface area contributed by atoms with E-state index >= 15 is 4.39 Å². The second kappa shape index (κ2) is 16.1. The molecule has 1 atom stereocenters. The highest BCUT2D eigenvalue weighted by Gasteiger charge is 2.51. The van der Waals surface area contributed by atoms with Gasteiger partial charge < -0.3 is 15.5 Å². The molecule has 0 radical (unpaired) electrons. The number of carbonyl (C=O) groups excluding carboxylic acids is 4. The Morgan fingerprint density at radius 1 is 0.931 bits per heavy atom. The van der Waals surface area contributed by atoms with E-state index in [-0.39, 0.29) is 42.3 Å². The molecule has 302 valence electrons. The van der Waals surface area contributed by atoms with Crippen molar-refractivity contribution in [2.75, 3.05) is 31.1 Å². The van der Waals surface area contributed by atoms with E-state index in [4.69, 9.17) is 0 Å². The van der Waals surface area contributed by atoms with Crippen molar-refractivity contribution < 1.29 is 36.7 Å². The maximum Gasteiger partial charge on any atom is 0.401 e. The summed E-state index contributed by atoms with van der Waals surface area (Å²) in [5.41, 5.74) is 1.16. The molecule has 20 heteroatoms. The standard InChI is InChI=1S/C38H38F4N12O4/c1-37(2,38(40,41)42)35-48-30(50-51-35)19-43-32(56)25-18-46-54(21-25)36-44-16-24(17-45-36)23-5-3-22(4-6-23)20-52-11-13-53(14-12-52)26-7-8-27(28(39)15-26)33(57)47-29-9-10-31(55)49-34(29)58/h3-8,15-18,21,29H,9-14,19-20H2,1-2H3,(H,43,56)(H,47,57)(H,48,50,51)(H,49,55,58)/t29-/m0/s1. The summed E-state index contributed by atoms with van der Waals surface area (Å²) in [5, 5.41) is 17.5. The molecule has 2 saturated heterocycles. The highest BCUT2D eigenvalue weighted by atomic mass is 19.4. The van der Waals surface area contributed by atoms with Crippen molar-refractivity contribution in [3.63, 3.8) is 0 Å². The van der Waals surface area contributed by atoms with Crippen LogP contribution in [0.2, 0.25) is 0 Å². The van der Waals surface area contributed by atoms with E-state index in [9.17, 15) is 32.3 Å². The highest BCUT2D eigenvalue weighted by Crippen LogP contribution is 2.38. The van der Waals surface area contributed by atoms with Crippen LogP contribution < -0.4 is 20.9 Å². The first-order chi connectivity index (χ1) is 27.6. The number of carbonyl (C=O) groups is 4. The number of alkyl halides is 3. The number of anilines is 1. The molecule has 4 N–H and O–H groups in total. The van der Waals surface area contributed by atoms with Crippen LogP contribution in [0.4, 0.5) is 23.2 Å². The maximum absolute atomic E-state index is 15.0. The lowest BCUT2D eigenvalue weighted by molar-refractivity contribution is -0.182. The van der Waals surface area contributed by atoms with Gasteiger partial charge in [0.15, 0.2) is 5.82 Å². The summed E-state index contributed by atoms with van der Waals surface area (Å²) in [6, 6.07) is 11.5. The zero-order valence-electron chi connectivity index (χ0n) is 31.3. The van der Waals surface area contributed by atoms with Crippen molar-refractivity contribution in [1.29, 1.82) is 0 Å². The zero-order chi connectivity index (χ0) is 41.2. The molecule has 0 bridgehead atoms. The molecule has 7 rings (SSSR count). The number of benzene rings is 2. The van der Waals surface area contributed by atoms with Crippen LogP contribution in [0.3, 0.4) is 0 Å². The lowest BCUT2D eigenvalue weighted by atomic mass is 9.92. The Hall–Kier alpha value is -6.57. The SMILES string of the molecule is CC(C)(c1n[nH]c(CNC(=O)c2cnn(-c3ncc(-c4ccc(CN5CCN(c6ccc(C(=O)N[C@H]7CCC(=O)NC7=O)c(F)c6)CC5)cc4)cn3)c2)n1)C(F)(F)F. The summed E-state index contributed by atoms with van der Waals surface area (Å²) in [6.07, 6.45) is 1.75. The first-order valence-electron chi connectivity index (χ1n) is 18.3. The van der Waals surface area contributed by atoms with Gasteiger partial charge in [0.05, 0.1) is 23.9 Å². The number of hydrogen-bond donors (Lipinski definition) is 4. The number of halogens is 4. The first-order valence-corrected chi connectivity index (χ1v) is 18.3. The number of nitrogens with one attached hydrogen (secondary N) is 4. The van der Waals surface area contributed by atoms with Crippen LogP contribution in [-0.4, -0.2) is 102 Å². The van der Waals surface area contributed by atoms with Crippen LogP contribution >= 0.6 is 0 Å². The minimum Gasteiger partial charge on any atom is -0.369 e. The Morgan fingerprint density at radius 2 is 1.66 bits per heavy atom. The van der Waals surface area contributed by atoms with Gasteiger partial charge in [-0.1, -0.05) is 24.3 Å². The molecule has 0 unspecified atom stereocenters. The van der Waals surface area contributed by atoms with Gasteiger partial charge in [0.25, 0.3) is 11.8 Å². The fraction of sp³-hybridized carbons (Fsp3) is 0.342. The molecule has 0 spiro atoms. The Bertz CT molecular complexity index is 2320. The Morgan fingerprint density at radius 3 is 2.33 bits per heavy atom. The third kappa shape index (κ3) is 8.70. The number of aromatic amines is 1. The predicted molar refractivity (Wildman–Crippen MR) is 199 cm³/mol. The molecule has 2 aromatic carbocycles. The van der Waals surface area contributed by atoms with Crippen LogP contribution in [0.5, 0.6) is 0 Å². The number of hydrogen-bond acceptors (Lipinski definition) is 11. The van der Waals surface area contributed by atoms with Crippen molar-refractivity contribution in [2.24, 2.45) is 0 Å². The Kier molecular flexibility index (Phi) is 11.0. The molecule has 3 aromatic heterocycles. The van der Waals surface area contributed by atoms with E-state index in [2.05, 4.69) is 56.0 Å². The number of H-pyrrole nitrogens is 1. The highest BCUT2D eigenvalue weighted by molar-refractivity contribution is 6.04. The quantitative estimate of drug-likeness (QED) is 0.113. The molecule has 4 amide bonds. The summed E-state index contributed by atoms with van der Waals surface area (Å²) in [7, 11) is 0. The lowest BCUT2D eigenvalue weighted by Gasteiger charge is -2.36. The van der Waals surface area contributed by atoms with Crippen molar-refractivity contribution >= 4 is 29.3 Å². The molecular formula is C38H38F4N12O4. The minimum atomic E-state index is -4.55. The third-order valence-electron chi connectivity index (χ3n) is 10.1. The van der Waals surface area contributed by atoms with Crippen molar-refractivity contribution in [3.05, 3.63) is 101 Å². The molecule has 58 heavy (non-hydrogen) atoms. The zero-order valence-corrected chi connectivity index (χ0v) is 31.3. The van der Waals surface area contributed by atoms with Gasteiger partial charge in [-0.15, -0.1) is 0 Å². The molecule has 16 nitrogen and oxygen atoms in total. The van der Waals surface area contributed by atoms with Gasteiger partial charge in [0, 0.05) is 69.0 Å². The summed E-state index contributed by atoms with van der Waals surface area (Å²) in [5.74, 6) is -3.08. The summed E-state index contributed by atoms with van der Waals surface area (Å²) < 4.78 is 56.3. The van der Waals surface area contributed by atoms with Gasteiger partial charge in [-0.05, 0) is 49.6 Å². The fourth-order valence-corrected chi connectivity index (χ4v) is 6.36. The molecule has 5 aromatic rings. The predicted octanol–water partition coefficient (Wildman–Crippen LogP) is 3.21. The average molecular weight is 803 g/mol. The second-order valence-electron chi connectivity index (χ2n) is 14.5. The Balaban J connectivity index is 0.873. The van der Waals surface area contributed by atoms with E-state index in [1.165, 1.54) is 29.2 Å². The van der Waals surface area contributed by atoms with E-state index in [1.807, 2.05) is 24.3 Å². The average Bonchev–Trinajstić information content (AvgIpc) is 3.90. The van der Waals surface area contributed by atoms with Crippen molar-refractivity contribution in [2.45, 2.75) is 57.4 Å². The fourth-order valence-electron chi connectivity index (χ4n) is 6.36. The number of piperazine rings is 1. The number of imide groups is 1. The maximum atomic E-state index is 15.0. The summed E-state index contributed by atoms with van der Waals surface area (Å²) >= 11 is 0. The number of nitrogens with zero attached hydrogens (tertiary/aromatic N) is 8. The van der Waals surface area contributed by atoms with Gasteiger partial charge >= 0.3 is 6.18 Å². The Labute approximate surface area is 328 Å². The third-order valence-corrected chi connectivity index (χ3v) is 10.1. The lowest BCUT2D eigenvalue weighted by Crippen LogP contribution is -2.52. The minimum absolute atomic E-state index is 0.0679. The topological polar surface area (TPSA) is 196 Å². The summed E-state index contributed by atoms with van der Waals surface area (Å²) in [4.78, 5) is 65.7. The molecule has 2 aliphatic rings. The molecule has 2 aliphatic heterocycles. The smallest absolute Gasteiger partial charge is 0.369 e. The van der Waals surface area contributed by atoms with E-state index in [0.29, 0.717) is 25.3 Å². The van der Waals surface area contributed by atoms with Gasteiger partial charge in [0.1, 0.15) is 23.1 Å². The van der Waals surface area contributed by atoms with Crippen LogP contribution in [0.25, 0.3) is 17.1 Å². The normalized spacial score (nSPS) is 16.6. The number of aromatic nitrogens is 7. The van der Waals surface area contributed by atoms with Crippen LogP contribution in [0.15, 0.2) is 67.3 Å². The van der Waals surface area contributed by atoms with E-state index in [1.54, 1.807) is 18.5 Å². The van der Waals surface area contributed by atoms with Crippen LogP contribution in [-0.2, 0) is 28.1 Å². The molecule has 0 saturated carbocycles. The van der Waals surface area contributed by atoms with E-state index in [0.717, 1.165) is 43.6 Å². The second-order valence-corrected chi connectivity index (χ2v) is 14.5. The molecule has 5 heterocycles. The molecular weight excluding hydrogens is 764 g/mol. The number of piperidine rings is 1. The largest absolute Gasteiger partial charge is 0.401 e. The van der Waals surface area contributed by atoms with Crippen molar-refractivity contribution in [3.8, 4) is 17.1 Å². The van der Waals surface area contributed by atoms with Gasteiger partial charge in [0.2, 0.25) is 17.8 Å². The number of rotatable bonds is 11. The van der Waals surface area contributed by atoms with Gasteiger partial charge in [-0.2, -0.15) is 23.4 Å². The summed E-state index contributed by atoms with van der Waals surface area (Å²) in [6.45, 7) is 5.27. The van der Waals surface area contributed by atoms with Crippen LogP contribution in [0, 0.1) is 5.82 Å². The molecule has 2 fully saturated rings. The molecule has 0 aliphatic carbocycles.